The van der Waals surface area contributed by atoms with E-state index in [4.69, 9.17) is 0 Å². The predicted molar refractivity (Wildman–Crippen MR) is 109 cm³/mol. The van der Waals surface area contributed by atoms with Gasteiger partial charge in [-0.2, -0.15) is 5.10 Å². The quantitative estimate of drug-likeness (QED) is 0.588. The van der Waals surface area contributed by atoms with Crippen molar-refractivity contribution in [1.29, 1.82) is 0 Å². The molecule has 0 aliphatic heterocycles. The molecule has 2 aromatic carbocycles. The minimum Gasteiger partial charge on any atom is -0.350 e. The van der Waals surface area contributed by atoms with Crippen LogP contribution in [0, 0.1) is 6.92 Å². The van der Waals surface area contributed by atoms with Crippen molar-refractivity contribution in [3.8, 4) is 5.69 Å². The normalized spacial score (nSPS) is 12.5. The standard InChI is InChI=1S/C20H23N5O3S/c1-15-3-9-19(10-4-15)29(27,28)23-12-11-20(26)24-16(2)17-5-7-18(8-6-17)25-14-21-13-22-25/h3-10,13-14,16,23H,11-12H2,1-2H3,(H,24,26)/t16-/m0/s1. The van der Waals surface area contributed by atoms with Crippen molar-refractivity contribution in [2.75, 3.05) is 6.54 Å². The number of amides is 1. The molecule has 0 saturated carbocycles. The second kappa shape index (κ2) is 8.97. The molecule has 29 heavy (non-hydrogen) atoms. The molecule has 3 rings (SSSR count). The molecule has 1 amide bonds. The molecular weight excluding hydrogens is 390 g/mol. The number of carbonyl (C=O) groups excluding carboxylic acids is 1. The summed E-state index contributed by atoms with van der Waals surface area (Å²) in [5, 5.41) is 6.94. The third-order valence-electron chi connectivity index (χ3n) is 4.43. The van der Waals surface area contributed by atoms with E-state index in [0.29, 0.717) is 0 Å². The van der Waals surface area contributed by atoms with Gasteiger partial charge in [0.2, 0.25) is 15.9 Å². The number of aromatic nitrogens is 3. The Morgan fingerprint density at radius 1 is 1.10 bits per heavy atom. The van der Waals surface area contributed by atoms with E-state index in [0.717, 1.165) is 16.8 Å². The second-order valence-electron chi connectivity index (χ2n) is 6.68. The molecule has 0 bridgehead atoms. The molecule has 152 valence electrons. The van der Waals surface area contributed by atoms with Gasteiger partial charge in [-0.1, -0.05) is 29.8 Å². The van der Waals surface area contributed by atoms with Crippen molar-refractivity contribution in [2.45, 2.75) is 31.2 Å². The molecule has 2 N–H and O–H groups in total. The second-order valence-corrected chi connectivity index (χ2v) is 8.45. The number of carbonyl (C=O) groups is 1. The molecule has 9 heteroatoms. The average Bonchev–Trinajstić information content (AvgIpc) is 3.23. The molecule has 0 unspecified atom stereocenters. The van der Waals surface area contributed by atoms with Crippen LogP contribution in [0.15, 0.2) is 66.1 Å². The summed E-state index contributed by atoms with van der Waals surface area (Å²) in [6.07, 6.45) is 3.12. The molecule has 8 nitrogen and oxygen atoms in total. The summed E-state index contributed by atoms with van der Waals surface area (Å²) in [5.41, 5.74) is 2.78. The topological polar surface area (TPSA) is 106 Å². The number of hydrogen-bond acceptors (Lipinski definition) is 5. The number of aryl methyl sites for hydroxylation is 1. The van der Waals surface area contributed by atoms with Gasteiger partial charge in [-0.15, -0.1) is 0 Å². The van der Waals surface area contributed by atoms with Crippen LogP contribution in [-0.2, 0) is 14.8 Å². The summed E-state index contributed by atoms with van der Waals surface area (Å²) in [5.74, 6) is -0.232. The third kappa shape index (κ3) is 5.49. The van der Waals surface area contributed by atoms with E-state index in [1.807, 2.05) is 38.1 Å². The summed E-state index contributed by atoms with van der Waals surface area (Å²) in [6.45, 7) is 3.79. The Morgan fingerprint density at radius 2 is 1.79 bits per heavy atom. The molecular formula is C20H23N5O3S. The molecule has 0 aliphatic carbocycles. The number of benzene rings is 2. The highest BCUT2D eigenvalue weighted by Crippen LogP contribution is 2.15. The van der Waals surface area contributed by atoms with Gasteiger partial charge in [-0.25, -0.2) is 22.8 Å². The SMILES string of the molecule is Cc1ccc(S(=O)(=O)NCCC(=O)N[C@@H](C)c2ccc(-n3cncn3)cc2)cc1. The molecule has 0 saturated heterocycles. The van der Waals surface area contributed by atoms with Crippen molar-refractivity contribution < 1.29 is 13.2 Å². The van der Waals surface area contributed by atoms with E-state index in [1.54, 1.807) is 35.3 Å². The van der Waals surface area contributed by atoms with Gasteiger partial charge in [0.15, 0.2) is 0 Å². The first-order valence-corrected chi connectivity index (χ1v) is 10.6. The van der Waals surface area contributed by atoms with Gasteiger partial charge in [0.25, 0.3) is 0 Å². The highest BCUT2D eigenvalue weighted by Gasteiger charge is 2.15. The summed E-state index contributed by atoms with van der Waals surface area (Å²) in [7, 11) is -3.62. The predicted octanol–water partition coefficient (Wildman–Crippen LogP) is 2.12. The first kappa shape index (κ1) is 20.7. The molecule has 3 aromatic rings. The zero-order valence-corrected chi connectivity index (χ0v) is 17.1. The minimum absolute atomic E-state index is 0.0278. The maximum absolute atomic E-state index is 12.2. The highest BCUT2D eigenvalue weighted by atomic mass is 32.2. The van der Waals surface area contributed by atoms with E-state index in [1.165, 1.54) is 6.33 Å². The van der Waals surface area contributed by atoms with Crippen molar-refractivity contribution in [3.05, 3.63) is 72.3 Å². The Bertz CT molecular complexity index is 1050. The number of sulfonamides is 1. The number of nitrogens with zero attached hydrogens (tertiary/aromatic N) is 3. The third-order valence-corrected chi connectivity index (χ3v) is 5.91. The van der Waals surface area contributed by atoms with E-state index >= 15 is 0 Å². The van der Waals surface area contributed by atoms with Crippen molar-refractivity contribution in [3.63, 3.8) is 0 Å². The number of hydrogen-bond donors (Lipinski definition) is 2. The Morgan fingerprint density at radius 3 is 2.41 bits per heavy atom. The first-order chi connectivity index (χ1) is 13.8. The zero-order valence-electron chi connectivity index (χ0n) is 16.2. The van der Waals surface area contributed by atoms with Crippen LogP contribution in [0.5, 0.6) is 0 Å². The summed E-state index contributed by atoms with van der Waals surface area (Å²) >= 11 is 0. The van der Waals surface area contributed by atoms with Crippen LogP contribution in [0.25, 0.3) is 5.69 Å². The largest absolute Gasteiger partial charge is 0.350 e. The van der Waals surface area contributed by atoms with Gasteiger partial charge < -0.3 is 5.32 Å². The Balaban J connectivity index is 1.49. The van der Waals surface area contributed by atoms with Crippen LogP contribution >= 0.6 is 0 Å². The lowest BCUT2D eigenvalue weighted by Gasteiger charge is -2.15. The summed E-state index contributed by atoms with van der Waals surface area (Å²) < 4.78 is 28.6. The molecule has 0 spiro atoms. The minimum atomic E-state index is -3.62. The van der Waals surface area contributed by atoms with Crippen LogP contribution in [0.1, 0.15) is 30.5 Å². The maximum Gasteiger partial charge on any atom is 0.240 e. The molecule has 1 aromatic heterocycles. The van der Waals surface area contributed by atoms with Gasteiger partial charge in [-0.3, -0.25) is 4.79 Å². The van der Waals surface area contributed by atoms with E-state index in [-0.39, 0.29) is 29.8 Å². The Kier molecular flexibility index (Phi) is 6.40. The lowest BCUT2D eigenvalue weighted by Crippen LogP contribution is -2.32. The fourth-order valence-corrected chi connectivity index (χ4v) is 3.79. The lowest BCUT2D eigenvalue weighted by molar-refractivity contribution is -0.121. The van der Waals surface area contributed by atoms with E-state index in [9.17, 15) is 13.2 Å². The van der Waals surface area contributed by atoms with Crippen molar-refractivity contribution >= 4 is 15.9 Å². The monoisotopic (exact) mass is 413 g/mol. The van der Waals surface area contributed by atoms with E-state index < -0.39 is 10.0 Å². The van der Waals surface area contributed by atoms with Gasteiger partial charge in [0, 0.05) is 13.0 Å². The van der Waals surface area contributed by atoms with Crippen molar-refractivity contribution in [2.24, 2.45) is 0 Å². The summed E-state index contributed by atoms with van der Waals surface area (Å²) in [4.78, 5) is 16.3. The van der Waals surface area contributed by atoms with Crippen LogP contribution in [-0.4, -0.2) is 35.6 Å². The van der Waals surface area contributed by atoms with Crippen molar-refractivity contribution in [1.82, 2.24) is 24.8 Å². The lowest BCUT2D eigenvalue weighted by atomic mass is 10.1. The smallest absolute Gasteiger partial charge is 0.240 e. The van der Waals surface area contributed by atoms with Crippen LogP contribution in [0.4, 0.5) is 0 Å². The van der Waals surface area contributed by atoms with Gasteiger partial charge in [0.05, 0.1) is 16.6 Å². The number of rotatable bonds is 8. The fraction of sp³-hybridized carbons (Fsp3) is 0.250. The highest BCUT2D eigenvalue weighted by molar-refractivity contribution is 7.89. The fourth-order valence-electron chi connectivity index (χ4n) is 2.75. The maximum atomic E-state index is 12.2. The van der Waals surface area contributed by atoms with E-state index in [2.05, 4.69) is 20.1 Å². The van der Waals surface area contributed by atoms with Crippen LogP contribution < -0.4 is 10.0 Å². The molecule has 1 heterocycles. The van der Waals surface area contributed by atoms with Gasteiger partial charge >= 0.3 is 0 Å². The zero-order chi connectivity index (χ0) is 20.9. The molecule has 0 radical (unpaired) electrons. The van der Waals surface area contributed by atoms with Crippen LogP contribution in [0.3, 0.4) is 0 Å². The number of nitrogens with one attached hydrogen (secondary N) is 2. The van der Waals surface area contributed by atoms with Gasteiger partial charge in [-0.05, 0) is 43.7 Å². The average molecular weight is 414 g/mol. The van der Waals surface area contributed by atoms with Crippen LogP contribution in [0.2, 0.25) is 0 Å². The Labute approximate surface area is 170 Å². The summed E-state index contributed by atoms with van der Waals surface area (Å²) in [6, 6.07) is 13.9. The Hall–Kier alpha value is -3.04. The molecule has 0 aliphatic rings. The first-order valence-electron chi connectivity index (χ1n) is 9.16. The molecule has 0 fully saturated rings. The molecule has 1 atom stereocenters. The van der Waals surface area contributed by atoms with Gasteiger partial charge in [0.1, 0.15) is 12.7 Å².